The minimum Gasteiger partial charge on any atom is -0.549 e. The number of carbonyl (C=O) groups excluding carboxylic acids is 1. The van der Waals surface area contributed by atoms with E-state index in [2.05, 4.69) is 0 Å². The molecule has 0 saturated carbocycles. The predicted octanol–water partition coefficient (Wildman–Crippen LogP) is 0.895. The highest BCUT2D eigenvalue weighted by Gasteiger charge is 2.30. The second-order valence-corrected chi connectivity index (χ2v) is 3.40. The molecule has 0 spiro atoms. The molecule has 2 heteroatoms. The van der Waals surface area contributed by atoms with Crippen LogP contribution in [0.25, 0.3) is 0 Å². The molecule has 0 aromatic heterocycles. The van der Waals surface area contributed by atoms with Crippen molar-refractivity contribution in [3.63, 3.8) is 0 Å². The molecule has 12 heavy (non-hydrogen) atoms. The molecule has 0 heterocycles. The van der Waals surface area contributed by atoms with Crippen molar-refractivity contribution in [2.24, 2.45) is 11.3 Å². The van der Waals surface area contributed by atoms with E-state index in [-0.39, 0.29) is 5.41 Å². The van der Waals surface area contributed by atoms with Gasteiger partial charge in [-0.15, -0.1) is 0 Å². The summed E-state index contributed by atoms with van der Waals surface area (Å²) in [5, 5.41) is 10.7. The van der Waals surface area contributed by atoms with Crippen molar-refractivity contribution in [3.8, 4) is 0 Å². The number of allylic oxidation sites excluding steroid dienone is 3. The van der Waals surface area contributed by atoms with Crippen molar-refractivity contribution < 1.29 is 9.90 Å². The molecule has 2 atom stereocenters. The Morgan fingerprint density at radius 3 is 2.67 bits per heavy atom. The van der Waals surface area contributed by atoms with E-state index in [0.717, 1.165) is 6.42 Å². The number of carboxylic acid groups (broad SMARTS) is 1. The van der Waals surface area contributed by atoms with Gasteiger partial charge in [0.25, 0.3) is 0 Å². The van der Waals surface area contributed by atoms with Gasteiger partial charge in [0.15, 0.2) is 0 Å². The first-order valence-corrected chi connectivity index (χ1v) is 4.17. The molecule has 2 unspecified atom stereocenters. The summed E-state index contributed by atoms with van der Waals surface area (Å²) in [6.07, 6.45) is 8.10. The Balaban J connectivity index is 2.92. The van der Waals surface area contributed by atoms with Crippen molar-refractivity contribution in [1.29, 1.82) is 0 Å². The average molecular weight is 165 g/mol. The second-order valence-electron chi connectivity index (χ2n) is 3.40. The summed E-state index contributed by atoms with van der Waals surface area (Å²) in [5.41, 5.74) is -0.270. The summed E-state index contributed by atoms with van der Waals surface area (Å²) in [6, 6.07) is 0. The van der Waals surface area contributed by atoms with Crippen molar-refractivity contribution >= 4 is 5.97 Å². The Labute approximate surface area is 72.6 Å². The van der Waals surface area contributed by atoms with Gasteiger partial charge in [0.05, 0.1) is 0 Å². The van der Waals surface area contributed by atoms with Crippen LogP contribution in [-0.2, 0) is 4.79 Å². The maximum absolute atomic E-state index is 10.7. The molecule has 0 radical (unpaired) electrons. The lowest BCUT2D eigenvalue weighted by Crippen LogP contribution is -2.40. The van der Waals surface area contributed by atoms with E-state index in [9.17, 15) is 9.90 Å². The van der Waals surface area contributed by atoms with Crippen LogP contribution in [-0.4, -0.2) is 5.97 Å². The summed E-state index contributed by atoms with van der Waals surface area (Å²) >= 11 is 0. The van der Waals surface area contributed by atoms with Gasteiger partial charge in [-0.25, -0.2) is 0 Å². The Bertz CT molecular complexity index is 240. The first-order chi connectivity index (χ1) is 5.60. The van der Waals surface area contributed by atoms with Crippen LogP contribution in [0.1, 0.15) is 20.3 Å². The lowest BCUT2D eigenvalue weighted by Gasteiger charge is -2.34. The Morgan fingerprint density at radius 2 is 2.25 bits per heavy atom. The third kappa shape index (κ3) is 1.42. The van der Waals surface area contributed by atoms with Crippen molar-refractivity contribution in [1.82, 2.24) is 0 Å². The van der Waals surface area contributed by atoms with Gasteiger partial charge in [0, 0.05) is 11.9 Å². The van der Waals surface area contributed by atoms with E-state index in [1.807, 2.05) is 26.0 Å². The first-order valence-electron chi connectivity index (χ1n) is 4.17. The molecular weight excluding hydrogens is 152 g/mol. The summed E-state index contributed by atoms with van der Waals surface area (Å²) in [5.74, 6) is -1.47. The topological polar surface area (TPSA) is 40.1 Å². The van der Waals surface area contributed by atoms with Gasteiger partial charge in [-0.05, 0) is 11.8 Å². The maximum atomic E-state index is 10.7. The maximum Gasteiger partial charge on any atom is 0.0491 e. The van der Waals surface area contributed by atoms with Crippen LogP contribution in [0, 0.1) is 11.3 Å². The molecular formula is C10H13O2-. The smallest absolute Gasteiger partial charge is 0.0491 e. The lowest BCUT2D eigenvalue weighted by molar-refractivity contribution is -0.312. The fourth-order valence-electron chi connectivity index (χ4n) is 1.46. The zero-order chi connectivity index (χ0) is 9.19. The van der Waals surface area contributed by atoms with E-state index in [0.29, 0.717) is 0 Å². The van der Waals surface area contributed by atoms with Crippen LogP contribution < -0.4 is 5.11 Å². The van der Waals surface area contributed by atoms with Crippen LogP contribution in [0.2, 0.25) is 0 Å². The van der Waals surface area contributed by atoms with E-state index < -0.39 is 11.9 Å². The van der Waals surface area contributed by atoms with Crippen molar-refractivity contribution in [3.05, 3.63) is 24.3 Å². The number of aliphatic carboxylic acids is 1. The standard InChI is InChI=1S/C10H14O2/c1-3-10(2)7-5-4-6-8(10)9(11)12/h4-8H,3H2,1-2H3,(H,11,12)/p-1. The summed E-state index contributed by atoms with van der Waals surface area (Å²) in [6.45, 7) is 3.92. The Hall–Kier alpha value is -1.05. The molecule has 1 rings (SSSR count). The highest BCUT2D eigenvalue weighted by molar-refractivity contribution is 5.72. The molecule has 1 aliphatic carbocycles. The van der Waals surface area contributed by atoms with Crippen LogP contribution in [0.5, 0.6) is 0 Å². The summed E-state index contributed by atoms with van der Waals surface area (Å²) in [4.78, 5) is 10.7. The SMILES string of the molecule is CCC1(C)C=CC=CC1C(=O)[O-]. The van der Waals surface area contributed by atoms with Crippen molar-refractivity contribution in [2.75, 3.05) is 0 Å². The van der Waals surface area contributed by atoms with Crippen LogP contribution >= 0.6 is 0 Å². The normalized spacial score (nSPS) is 33.7. The first kappa shape index (κ1) is 9.04. The second kappa shape index (κ2) is 3.13. The molecule has 1 aliphatic rings. The van der Waals surface area contributed by atoms with E-state index in [4.69, 9.17) is 0 Å². The Morgan fingerprint density at radius 1 is 1.58 bits per heavy atom. The molecule has 0 fully saturated rings. The van der Waals surface area contributed by atoms with E-state index in [1.165, 1.54) is 0 Å². The van der Waals surface area contributed by atoms with E-state index >= 15 is 0 Å². The molecule has 66 valence electrons. The third-order valence-electron chi connectivity index (χ3n) is 2.62. The predicted molar refractivity (Wildman–Crippen MR) is 45.2 cm³/mol. The van der Waals surface area contributed by atoms with Gasteiger partial charge in [-0.1, -0.05) is 38.2 Å². The quantitative estimate of drug-likeness (QED) is 0.609. The van der Waals surface area contributed by atoms with Gasteiger partial charge in [-0.2, -0.15) is 0 Å². The fraction of sp³-hybridized carbons (Fsp3) is 0.500. The van der Waals surface area contributed by atoms with Crippen molar-refractivity contribution in [2.45, 2.75) is 20.3 Å². The molecule has 0 aromatic carbocycles. The highest BCUT2D eigenvalue weighted by Crippen LogP contribution is 2.35. The van der Waals surface area contributed by atoms with Crippen LogP contribution in [0.15, 0.2) is 24.3 Å². The molecule has 0 N–H and O–H groups in total. The highest BCUT2D eigenvalue weighted by atomic mass is 16.4. The molecule has 0 bridgehead atoms. The van der Waals surface area contributed by atoms with Gasteiger partial charge in [-0.3, -0.25) is 0 Å². The number of carbonyl (C=O) groups is 1. The van der Waals surface area contributed by atoms with Gasteiger partial charge >= 0.3 is 0 Å². The monoisotopic (exact) mass is 165 g/mol. The lowest BCUT2D eigenvalue weighted by atomic mass is 9.72. The minimum absolute atomic E-state index is 0.270. The van der Waals surface area contributed by atoms with Gasteiger partial charge in [0.1, 0.15) is 0 Å². The third-order valence-corrected chi connectivity index (χ3v) is 2.62. The molecule has 0 amide bonds. The summed E-state index contributed by atoms with van der Waals surface area (Å²) < 4.78 is 0. The number of carboxylic acids is 1. The molecule has 2 nitrogen and oxygen atoms in total. The zero-order valence-electron chi connectivity index (χ0n) is 7.41. The fourth-order valence-corrected chi connectivity index (χ4v) is 1.46. The van der Waals surface area contributed by atoms with E-state index in [1.54, 1.807) is 12.2 Å². The molecule has 0 aromatic rings. The zero-order valence-corrected chi connectivity index (χ0v) is 7.41. The molecule has 0 aliphatic heterocycles. The van der Waals surface area contributed by atoms with Gasteiger partial charge < -0.3 is 9.90 Å². The van der Waals surface area contributed by atoms with Gasteiger partial charge in [0.2, 0.25) is 0 Å². The largest absolute Gasteiger partial charge is 0.549 e. The number of hydrogen-bond acceptors (Lipinski definition) is 2. The van der Waals surface area contributed by atoms with Crippen LogP contribution in [0.3, 0.4) is 0 Å². The minimum atomic E-state index is -0.986. The van der Waals surface area contributed by atoms with Crippen LogP contribution in [0.4, 0.5) is 0 Å². The Kier molecular flexibility index (Phi) is 2.36. The average Bonchev–Trinajstić information content (AvgIpc) is 2.05. The molecule has 0 saturated heterocycles. The number of rotatable bonds is 2. The number of hydrogen-bond donors (Lipinski definition) is 0. The summed E-state index contributed by atoms with van der Waals surface area (Å²) in [7, 11) is 0.